The van der Waals surface area contributed by atoms with Crippen LogP contribution in [0.4, 0.5) is 0 Å². The molecule has 0 rings (SSSR count). The predicted molar refractivity (Wildman–Crippen MR) is 121 cm³/mol. The molecule has 0 radical (unpaired) electrons. The van der Waals surface area contributed by atoms with Crippen molar-refractivity contribution in [2.75, 3.05) is 13.2 Å². The van der Waals surface area contributed by atoms with Gasteiger partial charge in [0, 0.05) is 22.3 Å². The van der Waals surface area contributed by atoms with Crippen LogP contribution in [0.2, 0.25) is 13.1 Å². The molecule has 33 heavy (non-hydrogen) atoms. The van der Waals surface area contributed by atoms with Gasteiger partial charge in [-0.15, -0.1) is 0 Å². The molecule has 0 aromatic heterocycles. The first-order valence-electron chi connectivity index (χ1n) is 9.82. The first kappa shape index (κ1) is 30.0. The van der Waals surface area contributed by atoms with E-state index < -0.39 is 43.4 Å². The highest BCUT2D eigenvalue weighted by molar-refractivity contribution is 6.80. The highest BCUT2D eigenvalue weighted by atomic mass is 28.3. The van der Waals surface area contributed by atoms with Crippen molar-refractivity contribution in [3.63, 3.8) is 0 Å². The second kappa shape index (κ2) is 13.5. The van der Waals surface area contributed by atoms with Crippen molar-refractivity contribution in [1.82, 2.24) is 0 Å². The molecule has 0 aliphatic heterocycles. The highest BCUT2D eigenvalue weighted by Gasteiger charge is 2.46. The summed E-state index contributed by atoms with van der Waals surface area (Å²) in [6.07, 6.45) is 0. The average molecular weight is 485 g/mol. The van der Waals surface area contributed by atoms with Crippen molar-refractivity contribution < 1.29 is 48.2 Å². The number of esters is 2. The zero-order chi connectivity index (χ0) is 25.9. The summed E-state index contributed by atoms with van der Waals surface area (Å²) in [5, 5.41) is 0. The predicted octanol–water partition coefficient (Wildman–Crippen LogP) is 2.85. The van der Waals surface area contributed by atoms with E-state index in [4.69, 9.17) is 29.0 Å². The molecule has 2 atom stereocenters. The van der Waals surface area contributed by atoms with Gasteiger partial charge < -0.3 is 9.47 Å². The van der Waals surface area contributed by atoms with E-state index in [9.17, 15) is 19.2 Å². The van der Waals surface area contributed by atoms with Crippen molar-refractivity contribution in [3.05, 3.63) is 48.6 Å². The molecule has 184 valence electrons. The topological polar surface area (TPSA) is 124 Å². The summed E-state index contributed by atoms with van der Waals surface area (Å²) in [4.78, 5) is 67.7. The molecule has 0 aromatic carbocycles. The van der Waals surface area contributed by atoms with Crippen LogP contribution in [-0.4, -0.2) is 56.6 Å². The van der Waals surface area contributed by atoms with E-state index >= 15 is 0 Å². The van der Waals surface area contributed by atoms with Crippen LogP contribution in [0, 0.1) is 0 Å². The largest absolute Gasteiger partial charge is 0.460 e. The molecule has 0 heterocycles. The second-order valence-corrected chi connectivity index (χ2v) is 13.0. The summed E-state index contributed by atoms with van der Waals surface area (Å²) in [5.74, 6) is -3.06. The Morgan fingerprint density at radius 2 is 0.879 bits per heavy atom. The maximum Gasteiger partial charge on any atom is 0.368 e. The molecule has 0 aromatic rings. The van der Waals surface area contributed by atoms with E-state index in [-0.39, 0.29) is 35.5 Å². The molecule has 11 heteroatoms. The molecular formula is C22H32O10Si. The Hall–Kier alpha value is -3.02. The minimum atomic E-state index is -3.04. The van der Waals surface area contributed by atoms with Gasteiger partial charge in [0.25, 0.3) is 0 Å². The van der Waals surface area contributed by atoms with Gasteiger partial charge in [0.2, 0.25) is 0 Å². The molecule has 0 amide bonds. The fraction of sp³-hybridized carbons (Fsp3) is 0.455. The number of carbonyl (C=O) groups is 4. The van der Waals surface area contributed by atoms with Crippen LogP contribution in [0.3, 0.4) is 0 Å². The molecular weight excluding hydrogens is 452 g/mol. The summed E-state index contributed by atoms with van der Waals surface area (Å²) in [5.41, 5.74) is -1.62. The van der Waals surface area contributed by atoms with Crippen LogP contribution in [0.5, 0.6) is 0 Å². The van der Waals surface area contributed by atoms with Crippen LogP contribution >= 0.6 is 0 Å². The fourth-order valence-electron chi connectivity index (χ4n) is 1.84. The van der Waals surface area contributed by atoms with E-state index in [1.165, 1.54) is 27.7 Å². The van der Waals surface area contributed by atoms with E-state index in [2.05, 4.69) is 26.3 Å². The molecule has 0 aliphatic rings. The van der Waals surface area contributed by atoms with E-state index in [0.717, 1.165) is 0 Å². The minimum Gasteiger partial charge on any atom is -0.460 e. The quantitative estimate of drug-likeness (QED) is 0.119. The summed E-state index contributed by atoms with van der Waals surface area (Å²) in [6.45, 7) is 22.4. The molecule has 0 bridgehead atoms. The SMILES string of the molecule is C=C(C)C(=O)OCC(OOC(=O)C(=C)C)[Si](C)(C)C(COC(=O)C(=C)C)OOC(=O)C(=C)C. The first-order valence-corrected chi connectivity index (χ1v) is 13.0. The zero-order valence-corrected chi connectivity index (χ0v) is 21.0. The number of carbonyl (C=O) groups excluding carboxylic acids is 4. The third-order valence-corrected chi connectivity index (χ3v) is 8.11. The normalized spacial score (nSPS) is 12.5. The maximum absolute atomic E-state index is 11.9. The molecule has 0 spiro atoms. The Morgan fingerprint density at radius 3 is 1.12 bits per heavy atom. The third kappa shape index (κ3) is 10.4. The van der Waals surface area contributed by atoms with Crippen molar-refractivity contribution in [3.8, 4) is 0 Å². The standard InChI is InChI=1S/C22H32O10Si/c1-13(2)19(23)27-11-17(29-31-21(25)15(5)6)33(9,10)18(12-28-20(24)14(3)4)30-32-22(26)16(7)8/h17-18H,1,3,5,7,11-12H2,2,4,6,8-10H3. The van der Waals surface area contributed by atoms with Gasteiger partial charge in [-0.05, 0) is 27.7 Å². The first-order chi connectivity index (χ1) is 15.1. The van der Waals surface area contributed by atoms with Gasteiger partial charge in [0.1, 0.15) is 32.7 Å². The number of rotatable bonds is 14. The Bertz CT molecular complexity index is 701. The highest BCUT2D eigenvalue weighted by Crippen LogP contribution is 2.23. The number of hydrogen-bond acceptors (Lipinski definition) is 10. The van der Waals surface area contributed by atoms with Crippen LogP contribution in [0.1, 0.15) is 27.7 Å². The Balaban J connectivity index is 5.85. The van der Waals surface area contributed by atoms with Crippen LogP contribution in [-0.2, 0) is 48.2 Å². The molecule has 0 fully saturated rings. The van der Waals surface area contributed by atoms with Crippen LogP contribution in [0.25, 0.3) is 0 Å². The van der Waals surface area contributed by atoms with E-state index in [1.54, 1.807) is 13.1 Å². The van der Waals surface area contributed by atoms with Crippen molar-refractivity contribution in [1.29, 1.82) is 0 Å². The van der Waals surface area contributed by atoms with Gasteiger partial charge >= 0.3 is 23.9 Å². The van der Waals surface area contributed by atoms with Gasteiger partial charge in [-0.1, -0.05) is 39.4 Å². The van der Waals surface area contributed by atoms with Crippen LogP contribution in [0.15, 0.2) is 48.6 Å². The molecule has 0 saturated carbocycles. The third-order valence-electron chi connectivity index (χ3n) is 4.27. The van der Waals surface area contributed by atoms with Gasteiger partial charge in [-0.25, -0.2) is 19.2 Å². The Morgan fingerprint density at radius 1 is 0.606 bits per heavy atom. The lowest BCUT2D eigenvalue weighted by atomic mass is 10.4. The van der Waals surface area contributed by atoms with Gasteiger partial charge in [-0.3, -0.25) is 9.78 Å². The smallest absolute Gasteiger partial charge is 0.368 e. The van der Waals surface area contributed by atoms with Gasteiger partial charge in [0.05, 0.1) is 0 Å². The minimum absolute atomic E-state index is 0.0747. The summed E-state index contributed by atoms with van der Waals surface area (Å²) in [7, 11) is -3.04. The van der Waals surface area contributed by atoms with E-state index in [0.29, 0.717) is 0 Å². The average Bonchev–Trinajstić information content (AvgIpc) is 2.71. The molecule has 0 saturated heterocycles. The molecule has 2 unspecified atom stereocenters. The second-order valence-electron chi connectivity index (χ2n) is 8.05. The van der Waals surface area contributed by atoms with Crippen molar-refractivity contribution in [2.45, 2.75) is 52.2 Å². The van der Waals surface area contributed by atoms with Crippen LogP contribution < -0.4 is 0 Å². The lowest BCUT2D eigenvalue weighted by Gasteiger charge is -2.35. The number of ether oxygens (including phenoxy) is 2. The van der Waals surface area contributed by atoms with Gasteiger partial charge in [0.15, 0.2) is 0 Å². The molecule has 0 N–H and O–H groups in total. The van der Waals surface area contributed by atoms with E-state index in [1.807, 2.05) is 0 Å². The lowest BCUT2D eigenvalue weighted by molar-refractivity contribution is -0.296. The zero-order valence-electron chi connectivity index (χ0n) is 20.0. The Labute approximate surface area is 194 Å². The Kier molecular flexibility index (Phi) is 12.3. The summed E-state index contributed by atoms with van der Waals surface area (Å²) >= 11 is 0. The van der Waals surface area contributed by atoms with Gasteiger partial charge in [-0.2, -0.15) is 9.78 Å². The molecule has 10 nitrogen and oxygen atoms in total. The maximum atomic E-state index is 11.9. The molecule has 0 aliphatic carbocycles. The lowest BCUT2D eigenvalue weighted by Crippen LogP contribution is -2.58. The summed E-state index contributed by atoms with van der Waals surface area (Å²) in [6, 6.07) is 0. The summed E-state index contributed by atoms with van der Waals surface area (Å²) < 4.78 is 10.4. The van der Waals surface area contributed by atoms with Crippen molar-refractivity contribution >= 4 is 32.0 Å². The number of hydrogen-bond donors (Lipinski definition) is 0. The monoisotopic (exact) mass is 484 g/mol. The van der Waals surface area contributed by atoms with Crippen molar-refractivity contribution in [2.24, 2.45) is 0 Å². The fourth-order valence-corrected chi connectivity index (χ4v) is 3.87.